The van der Waals surface area contributed by atoms with Crippen LogP contribution >= 0.6 is 0 Å². The van der Waals surface area contributed by atoms with Crippen LogP contribution in [-0.4, -0.2) is 27.9 Å². The fraction of sp³-hybridized carbons (Fsp3) is 0.278. The number of nitrogens with two attached hydrogens (primary N) is 1. The molecule has 0 unspecified atom stereocenters. The Kier molecular flexibility index (Phi) is 4.83. The van der Waals surface area contributed by atoms with Gasteiger partial charge in [0.15, 0.2) is 5.65 Å². The molecule has 7 heteroatoms. The van der Waals surface area contributed by atoms with E-state index < -0.39 is 0 Å². The summed E-state index contributed by atoms with van der Waals surface area (Å²) in [6, 6.07) is 9.15. The number of nitrogens with zero attached hydrogens (tertiary/aromatic N) is 3. The third-order valence-corrected chi connectivity index (χ3v) is 3.78. The van der Waals surface area contributed by atoms with Gasteiger partial charge in [-0.3, -0.25) is 0 Å². The predicted octanol–water partition coefficient (Wildman–Crippen LogP) is 3.05. The van der Waals surface area contributed by atoms with Crippen molar-refractivity contribution in [3.8, 4) is 11.6 Å². The Morgan fingerprint density at radius 1 is 1.32 bits per heavy atom. The van der Waals surface area contributed by atoms with Crippen LogP contribution in [-0.2, 0) is 4.79 Å². The largest absolute Gasteiger partial charge is 0.437 e. The van der Waals surface area contributed by atoms with E-state index >= 15 is 0 Å². The maximum Gasteiger partial charge on any atom is 0.237 e. The van der Waals surface area contributed by atoms with E-state index in [4.69, 9.17) is 10.5 Å². The molecule has 2 aromatic heterocycles. The minimum absolute atomic E-state index is 0.454. The van der Waals surface area contributed by atoms with Crippen molar-refractivity contribution in [2.24, 2.45) is 5.92 Å². The number of aldehydes is 1. The van der Waals surface area contributed by atoms with Gasteiger partial charge in [0, 0.05) is 24.7 Å². The molecule has 1 fully saturated rings. The van der Waals surface area contributed by atoms with Gasteiger partial charge in [0.1, 0.15) is 17.9 Å². The van der Waals surface area contributed by atoms with Gasteiger partial charge in [0.05, 0.1) is 6.20 Å². The van der Waals surface area contributed by atoms with Gasteiger partial charge < -0.3 is 20.6 Å². The third kappa shape index (κ3) is 4.26. The summed E-state index contributed by atoms with van der Waals surface area (Å²) in [5.74, 6) is 2.46. The highest BCUT2D eigenvalue weighted by Gasteiger charge is 2.18. The highest BCUT2D eigenvalue weighted by Crippen LogP contribution is 2.26. The molecule has 25 heavy (non-hydrogen) atoms. The number of carbonyl (C=O) groups is 1. The van der Waals surface area contributed by atoms with E-state index in [1.165, 1.54) is 0 Å². The van der Waals surface area contributed by atoms with Gasteiger partial charge in [-0.2, -0.15) is 0 Å². The molecule has 1 aliphatic rings. The molecule has 0 saturated heterocycles. The first-order chi connectivity index (χ1) is 12.1. The van der Waals surface area contributed by atoms with Crippen LogP contribution in [0, 0.1) is 12.8 Å². The maximum atomic E-state index is 9.57. The lowest BCUT2D eigenvalue weighted by Crippen LogP contribution is -1.96. The van der Waals surface area contributed by atoms with Crippen molar-refractivity contribution in [3.05, 3.63) is 42.1 Å². The van der Waals surface area contributed by atoms with Crippen molar-refractivity contribution >= 4 is 23.4 Å². The van der Waals surface area contributed by atoms with E-state index in [2.05, 4.69) is 15.4 Å². The number of ether oxygens (including phenoxy) is 1. The topological polar surface area (TPSA) is 94.5 Å². The monoisotopic (exact) mass is 339 g/mol. The molecule has 0 radical (unpaired) electrons. The van der Waals surface area contributed by atoms with Gasteiger partial charge in [-0.15, -0.1) is 5.10 Å². The Bertz CT molecular complexity index is 886. The van der Waals surface area contributed by atoms with E-state index in [9.17, 15) is 4.79 Å². The molecular formula is C18H21N5O2. The summed E-state index contributed by atoms with van der Waals surface area (Å²) in [6.07, 6.45) is 5.12. The van der Waals surface area contributed by atoms with E-state index in [-0.39, 0.29) is 0 Å². The predicted molar refractivity (Wildman–Crippen MR) is 97.0 cm³/mol. The summed E-state index contributed by atoms with van der Waals surface area (Å²) in [5, 5.41) is 7.34. The number of hydrogen-bond acceptors (Lipinski definition) is 6. The molecule has 0 atom stereocenters. The fourth-order valence-electron chi connectivity index (χ4n) is 2.17. The molecule has 1 saturated carbocycles. The molecular weight excluding hydrogens is 318 g/mol. The number of fused-ring (bicyclic) bond motifs is 1. The van der Waals surface area contributed by atoms with Crippen molar-refractivity contribution in [1.29, 1.82) is 0 Å². The van der Waals surface area contributed by atoms with E-state index in [0.717, 1.165) is 41.9 Å². The lowest BCUT2D eigenvalue weighted by Gasteiger charge is -2.08. The standard InChI is InChI=1S/C14H15N5O.C4H6O/c1-9-7-10(15)3-4-11(9)20-14-6-5-13-17-12(16-2)8-19(13)18-14;5-3-4-1-2-4/h3-8,16H,15H2,1-2H3;3-4H,1-2H2. The van der Waals surface area contributed by atoms with E-state index in [1.807, 2.05) is 32.2 Å². The van der Waals surface area contributed by atoms with Crippen LogP contribution < -0.4 is 15.8 Å². The minimum Gasteiger partial charge on any atom is -0.437 e. The van der Waals surface area contributed by atoms with Gasteiger partial charge in [0.25, 0.3) is 0 Å². The number of anilines is 2. The van der Waals surface area contributed by atoms with E-state index in [0.29, 0.717) is 17.5 Å². The molecule has 130 valence electrons. The highest BCUT2D eigenvalue weighted by molar-refractivity contribution is 5.56. The van der Waals surface area contributed by atoms with Crippen LogP contribution in [0.2, 0.25) is 0 Å². The van der Waals surface area contributed by atoms with Crippen LogP contribution in [0.15, 0.2) is 36.5 Å². The van der Waals surface area contributed by atoms with Crippen LogP contribution in [0.5, 0.6) is 11.6 Å². The number of aromatic nitrogens is 3. The number of carbonyl (C=O) groups excluding carboxylic acids is 1. The van der Waals surface area contributed by atoms with Gasteiger partial charge in [-0.25, -0.2) is 9.50 Å². The summed E-state index contributed by atoms with van der Waals surface area (Å²) in [7, 11) is 1.82. The van der Waals surface area contributed by atoms with Crippen molar-refractivity contribution in [2.75, 3.05) is 18.1 Å². The van der Waals surface area contributed by atoms with Crippen LogP contribution in [0.4, 0.5) is 11.5 Å². The van der Waals surface area contributed by atoms with E-state index in [1.54, 1.807) is 22.8 Å². The Labute approximate surface area is 145 Å². The molecule has 0 spiro atoms. The minimum atomic E-state index is 0.454. The SMILES string of the molecule is CNc1cn2nc(Oc3ccc(N)cc3C)ccc2n1.O=CC1CC1. The zero-order valence-electron chi connectivity index (χ0n) is 14.3. The van der Waals surface area contributed by atoms with Gasteiger partial charge in [-0.05, 0) is 49.6 Å². The van der Waals surface area contributed by atoms with Crippen LogP contribution in [0.1, 0.15) is 18.4 Å². The van der Waals surface area contributed by atoms with Crippen molar-refractivity contribution in [2.45, 2.75) is 19.8 Å². The average molecular weight is 339 g/mol. The first-order valence-corrected chi connectivity index (χ1v) is 8.12. The maximum absolute atomic E-state index is 9.57. The molecule has 1 aromatic carbocycles. The Balaban J connectivity index is 0.000000314. The van der Waals surface area contributed by atoms with Gasteiger partial charge in [-0.1, -0.05) is 0 Å². The summed E-state index contributed by atoms with van der Waals surface area (Å²) in [5.41, 5.74) is 8.16. The second-order valence-corrected chi connectivity index (χ2v) is 5.95. The number of aryl methyl sites for hydroxylation is 1. The number of imidazole rings is 1. The zero-order valence-corrected chi connectivity index (χ0v) is 14.3. The second kappa shape index (κ2) is 7.21. The van der Waals surface area contributed by atoms with Gasteiger partial charge in [0.2, 0.25) is 5.88 Å². The number of rotatable bonds is 4. The fourth-order valence-corrected chi connectivity index (χ4v) is 2.17. The Morgan fingerprint density at radius 2 is 2.12 bits per heavy atom. The van der Waals surface area contributed by atoms with Crippen molar-refractivity contribution in [1.82, 2.24) is 14.6 Å². The summed E-state index contributed by atoms with van der Waals surface area (Å²) < 4.78 is 7.45. The zero-order chi connectivity index (χ0) is 17.8. The average Bonchev–Trinajstić information content (AvgIpc) is 3.36. The first kappa shape index (κ1) is 16.8. The normalized spacial score (nSPS) is 13.0. The summed E-state index contributed by atoms with van der Waals surface area (Å²) in [6.45, 7) is 1.94. The second-order valence-electron chi connectivity index (χ2n) is 5.95. The van der Waals surface area contributed by atoms with Gasteiger partial charge >= 0.3 is 0 Å². The first-order valence-electron chi connectivity index (χ1n) is 8.12. The molecule has 0 bridgehead atoms. The molecule has 2 heterocycles. The number of nitrogen functional groups attached to an aromatic ring is 1. The lowest BCUT2D eigenvalue weighted by molar-refractivity contribution is -0.108. The summed E-state index contributed by atoms with van der Waals surface area (Å²) >= 11 is 0. The van der Waals surface area contributed by atoms with Crippen LogP contribution in [0.3, 0.4) is 0 Å². The number of benzene rings is 1. The Morgan fingerprint density at radius 3 is 2.72 bits per heavy atom. The van der Waals surface area contributed by atoms with Crippen molar-refractivity contribution < 1.29 is 9.53 Å². The smallest absolute Gasteiger partial charge is 0.237 e. The van der Waals surface area contributed by atoms with Crippen molar-refractivity contribution in [3.63, 3.8) is 0 Å². The molecule has 3 aromatic rings. The molecule has 4 rings (SSSR count). The van der Waals surface area contributed by atoms with Crippen LogP contribution in [0.25, 0.3) is 5.65 Å². The highest BCUT2D eigenvalue weighted by atomic mass is 16.5. The molecule has 3 N–H and O–H groups in total. The molecule has 0 aliphatic heterocycles. The lowest BCUT2D eigenvalue weighted by atomic mass is 10.2. The molecule has 0 amide bonds. The Hall–Kier alpha value is -3.09. The third-order valence-electron chi connectivity index (χ3n) is 3.78. The quantitative estimate of drug-likeness (QED) is 0.560. The summed E-state index contributed by atoms with van der Waals surface area (Å²) in [4.78, 5) is 13.9. The molecule has 1 aliphatic carbocycles. The number of hydrogen-bond donors (Lipinski definition) is 2. The molecule has 7 nitrogen and oxygen atoms in total. The number of nitrogens with one attached hydrogen (secondary N) is 1.